The van der Waals surface area contributed by atoms with Crippen molar-refractivity contribution in [1.82, 2.24) is 24.6 Å². The summed E-state index contributed by atoms with van der Waals surface area (Å²) in [6.45, 7) is 3.83. The van der Waals surface area contributed by atoms with Crippen LogP contribution in [-0.4, -0.2) is 70.4 Å². The average Bonchev–Trinajstić information content (AvgIpc) is 3.35. The lowest BCUT2D eigenvalue weighted by Gasteiger charge is -2.21. The standard InChI is InChI=1S/C21H26FN7O2/c1-5-31-20-16(10-23-21(25-20)29-7-6-15(12-29)27(2)3)19(30)24-14-8-13-11-28(4)26-18(13)17(22)9-14/h8-11,15H,5-7,12H2,1-4H3,(H,24,30)/t15-/m0/s1. The Morgan fingerprint density at radius 3 is 2.90 bits per heavy atom. The fourth-order valence-corrected chi connectivity index (χ4v) is 3.74. The molecule has 0 saturated carbocycles. The number of carbonyl (C=O) groups excluding carboxylic acids is 1. The minimum atomic E-state index is -0.505. The number of nitrogens with zero attached hydrogens (tertiary/aromatic N) is 6. The van der Waals surface area contributed by atoms with Gasteiger partial charge in [0.15, 0.2) is 5.82 Å². The van der Waals surface area contributed by atoms with E-state index in [1.54, 1.807) is 19.3 Å². The van der Waals surface area contributed by atoms with Crippen LogP contribution in [-0.2, 0) is 7.05 Å². The summed E-state index contributed by atoms with van der Waals surface area (Å²) >= 11 is 0. The third-order valence-corrected chi connectivity index (χ3v) is 5.38. The second-order valence-electron chi connectivity index (χ2n) is 7.83. The Morgan fingerprint density at radius 2 is 2.19 bits per heavy atom. The molecule has 1 atom stereocenters. The molecule has 1 amide bonds. The summed E-state index contributed by atoms with van der Waals surface area (Å²) < 4.78 is 21.5. The molecule has 10 heteroatoms. The Labute approximate surface area is 179 Å². The fourth-order valence-electron chi connectivity index (χ4n) is 3.74. The smallest absolute Gasteiger partial charge is 0.262 e. The summed E-state index contributed by atoms with van der Waals surface area (Å²) in [5.74, 6) is -0.229. The Kier molecular flexibility index (Phi) is 5.73. The number of hydrogen-bond donors (Lipinski definition) is 1. The van der Waals surface area contributed by atoms with E-state index < -0.39 is 11.7 Å². The number of fused-ring (bicyclic) bond motifs is 1. The molecule has 2 aromatic heterocycles. The van der Waals surface area contributed by atoms with Crippen molar-refractivity contribution in [2.75, 3.05) is 44.0 Å². The van der Waals surface area contributed by atoms with Crippen molar-refractivity contribution >= 4 is 28.4 Å². The number of aryl methyl sites for hydroxylation is 1. The Morgan fingerprint density at radius 1 is 1.39 bits per heavy atom. The molecule has 4 rings (SSSR count). The maximum absolute atomic E-state index is 14.3. The van der Waals surface area contributed by atoms with Crippen LogP contribution in [0.3, 0.4) is 0 Å². The van der Waals surface area contributed by atoms with Gasteiger partial charge in [-0.2, -0.15) is 10.1 Å². The number of aromatic nitrogens is 4. The van der Waals surface area contributed by atoms with E-state index in [2.05, 4.69) is 44.3 Å². The Bertz CT molecular complexity index is 1110. The second-order valence-corrected chi connectivity index (χ2v) is 7.83. The number of hydrogen-bond acceptors (Lipinski definition) is 7. The highest BCUT2D eigenvalue weighted by atomic mass is 19.1. The minimum absolute atomic E-state index is 0.195. The molecule has 9 nitrogen and oxygen atoms in total. The van der Waals surface area contributed by atoms with Crippen LogP contribution in [0.2, 0.25) is 0 Å². The molecule has 1 N–H and O–H groups in total. The van der Waals surface area contributed by atoms with Crippen molar-refractivity contribution < 1.29 is 13.9 Å². The van der Waals surface area contributed by atoms with Crippen LogP contribution in [0.1, 0.15) is 23.7 Å². The van der Waals surface area contributed by atoms with Gasteiger partial charge in [-0.3, -0.25) is 9.48 Å². The first-order valence-corrected chi connectivity index (χ1v) is 10.2. The molecular weight excluding hydrogens is 401 g/mol. The SMILES string of the molecule is CCOc1nc(N2CC[C@H](N(C)C)C2)ncc1C(=O)Nc1cc(F)c2nn(C)cc2c1. The van der Waals surface area contributed by atoms with E-state index >= 15 is 0 Å². The van der Waals surface area contributed by atoms with Crippen LogP contribution >= 0.6 is 0 Å². The molecule has 1 aliphatic rings. The number of rotatable bonds is 6. The van der Waals surface area contributed by atoms with Gasteiger partial charge in [0.05, 0.1) is 6.61 Å². The van der Waals surface area contributed by atoms with Crippen LogP contribution in [0, 0.1) is 5.82 Å². The van der Waals surface area contributed by atoms with Crippen molar-refractivity contribution in [2.45, 2.75) is 19.4 Å². The number of likely N-dealkylation sites (N-methyl/N-ethyl adjacent to an activating group) is 1. The molecule has 0 bridgehead atoms. The van der Waals surface area contributed by atoms with Gasteiger partial charge in [0, 0.05) is 49.6 Å². The van der Waals surface area contributed by atoms with E-state index in [4.69, 9.17) is 4.74 Å². The van der Waals surface area contributed by atoms with Crippen LogP contribution < -0.4 is 15.0 Å². The van der Waals surface area contributed by atoms with Gasteiger partial charge in [0.25, 0.3) is 5.91 Å². The van der Waals surface area contributed by atoms with Gasteiger partial charge in [-0.25, -0.2) is 9.37 Å². The third kappa shape index (κ3) is 4.29. The molecule has 1 aliphatic heterocycles. The average molecular weight is 427 g/mol. The molecule has 164 valence electrons. The van der Waals surface area contributed by atoms with Gasteiger partial charge in [-0.1, -0.05) is 0 Å². The van der Waals surface area contributed by atoms with Gasteiger partial charge >= 0.3 is 0 Å². The van der Waals surface area contributed by atoms with E-state index in [-0.39, 0.29) is 17.0 Å². The minimum Gasteiger partial charge on any atom is -0.477 e. The molecule has 0 aliphatic carbocycles. The zero-order valence-corrected chi connectivity index (χ0v) is 18.1. The largest absolute Gasteiger partial charge is 0.477 e. The summed E-state index contributed by atoms with van der Waals surface area (Å²) in [7, 11) is 5.83. The number of ether oxygens (including phenoxy) is 1. The van der Waals surface area contributed by atoms with E-state index in [1.807, 2.05) is 6.92 Å². The first-order valence-electron chi connectivity index (χ1n) is 10.2. The van der Waals surface area contributed by atoms with Crippen molar-refractivity contribution in [2.24, 2.45) is 7.05 Å². The van der Waals surface area contributed by atoms with Gasteiger partial charge in [0.1, 0.15) is 11.1 Å². The maximum atomic E-state index is 14.3. The lowest BCUT2D eigenvalue weighted by atomic mass is 10.2. The normalized spacial score (nSPS) is 16.3. The summed E-state index contributed by atoms with van der Waals surface area (Å²) in [4.78, 5) is 26.1. The molecule has 0 unspecified atom stereocenters. The Hall–Kier alpha value is -3.27. The van der Waals surface area contributed by atoms with E-state index in [0.29, 0.717) is 29.7 Å². The van der Waals surface area contributed by atoms with Crippen LogP contribution in [0.15, 0.2) is 24.5 Å². The van der Waals surface area contributed by atoms with Crippen LogP contribution in [0.5, 0.6) is 5.88 Å². The number of anilines is 2. The molecule has 0 radical (unpaired) electrons. The first kappa shape index (κ1) is 21.0. The van der Waals surface area contributed by atoms with Crippen LogP contribution in [0.4, 0.5) is 16.0 Å². The number of benzene rings is 1. The maximum Gasteiger partial charge on any atom is 0.262 e. The molecule has 31 heavy (non-hydrogen) atoms. The number of carbonyl (C=O) groups is 1. The molecular formula is C21H26FN7O2. The van der Waals surface area contributed by atoms with E-state index in [9.17, 15) is 9.18 Å². The van der Waals surface area contributed by atoms with E-state index in [1.165, 1.54) is 16.9 Å². The van der Waals surface area contributed by atoms with Crippen molar-refractivity contribution in [3.8, 4) is 5.88 Å². The van der Waals surface area contributed by atoms with Crippen molar-refractivity contribution in [3.63, 3.8) is 0 Å². The van der Waals surface area contributed by atoms with Gasteiger partial charge in [0.2, 0.25) is 11.8 Å². The Balaban J connectivity index is 1.57. The molecule has 3 heterocycles. The summed E-state index contributed by atoms with van der Waals surface area (Å²) in [5.41, 5.74) is 0.772. The molecule has 1 aromatic carbocycles. The van der Waals surface area contributed by atoms with Crippen molar-refractivity contribution in [1.29, 1.82) is 0 Å². The van der Waals surface area contributed by atoms with Crippen LogP contribution in [0.25, 0.3) is 10.9 Å². The van der Waals surface area contributed by atoms with Gasteiger partial charge in [-0.15, -0.1) is 0 Å². The lowest BCUT2D eigenvalue weighted by molar-refractivity contribution is 0.102. The second kappa shape index (κ2) is 8.46. The van der Waals surface area contributed by atoms with Gasteiger partial charge in [-0.05, 0) is 39.6 Å². The molecule has 3 aromatic rings. The van der Waals surface area contributed by atoms with Gasteiger partial charge < -0.3 is 19.9 Å². The van der Waals surface area contributed by atoms with Crippen molar-refractivity contribution in [3.05, 3.63) is 35.9 Å². The highest BCUT2D eigenvalue weighted by Gasteiger charge is 2.27. The lowest BCUT2D eigenvalue weighted by Crippen LogP contribution is -2.32. The number of halogens is 1. The number of amides is 1. The van der Waals surface area contributed by atoms with E-state index in [0.717, 1.165) is 19.5 Å². The number of nitrogens with one attached hydrogen (secondary N) is 1. The molecule has 1 fully saturated rings. The zero-order valence-electron chi connectivity index (χ0n) is 18.1. The zero-order chi connectivity index (χ0) is 22.1. The third-order valence-electron chi connectivity index (χ3n) is 5.38. The summed E-state index contributed by atoms with van der Waals surface area (Å²) in [5, 5.41) is 7.38. The molecule has 1 saturated heterocycles. The quantitative estimate of drug-likeness (QED) is 0.646. The highest BCUT2D eigenvalue weighted by Crippen LogP contribution is 2.25. The first-order chi connectivity index (χ1) is 14.9. The molecule has 0 spiro atoms. The predicted molar refractivity (Wildman–Crippen MR) is 116 cm³/mol. The fraction of sp³-hybridized carbons (Fsp3) is 0.429. The topological polar surface area (TPSA) is 88.4 Å². The summed E-state index contributed by atoms with van der Waals surface area (Å²) in [6.07, 6.45) is 4.17. The highest BCUT2D eigenvalue weighted by molar-refractivity contribution is 6.06. The monoisotopic (exact) mass is 427 g/mol. The predicted octanol–water partition coefficient (Wildman–Crippen LogP) is 2.29. The summed E-state index contributed by atoms with van der Waals surface area (Å²) in [6, 6.07) is 3.35.